The van der Waals surface area contributed by atoms with Crippen LogP contribution in [0.25, 0.3) is 43.5 Å². The van der Waals surface area contributed by atoms with Gasteiger partial charge in [0.2, 0.25) is 0 Å². The summed E-state index contributed by atoms with van der Waals surface area (Å²) in [5.74, 6) is 0. The van der Waals surface area contributed by atoms with Crippen molar-refractivity contribution in [1.29, 1.82) is 0 Å². The fourth-order valence-electron chi connectivity index (χ4n) is 5.81. The summed E-state index contributed by atoms with van der Waals surface area (Å²) in [6.45, 7) is 0. The highest BCUT2D eigenvalue weighted by atomic mass is 16.3. The van der Waals surface area contributed by atoms with E-state index in [4.69, 9.17) is 25.0 Å². The minimum absolute atomic E-state index is 0.0921. The largest absolute Gasteiger partial charge is 0.456 e. The Bertz CT molecular complexity index is 3420. The average Bonchev–Trinajstić information content (AvgIpc) is 3.67. The molecule has 0 N–H and O–H groups in total. The molecule has 0 bridgehead atoms. The second-order valence-corrected chi connectivity index (χ2v) is 10.5. The fraction of sp³-hybridized carbons (Fsp3) is 0. The molecule has 0 aliphatic rings. The van der Waals surface area contributed by atoms with E-state index in [1.54, 1.807) is 18.2 Å². The maximum Gasteiger partial charge on any atom is 0.136 e. The minimum atomic E-state index is -0.909. The van der Waals surface area contributed by atoms with Crippen LogP contribution >= 0.6 is 0 Å². The van der Waals surface area contributed by atoms with E-state index in [0.717, 1.165) is 37.9 Å². The van der Waals surface area contributed by atoms with Gasteiger partial charge in [-0.3, -0.25) is 0 Å². The molecule has 47 heavy (non-hydrogen) atoms. The van der Waals surface area contributed by atoms with E-state index in [1.807, 2.05) is 48.5 Å². The summed E-state index contributed by atoms with van der Waals surface area (Å²) in [4.78, 5) is 1.80. The zero-order valence-corrected chi connectivity index (χ0v) is 24.2. The Kier molecular flexibility index (Phi) is 3.44. The fourth-order valence-corrected chi connectivity index (χ4v) is 5.81. The highest BCUT2D eigenvalue weighted by Gasteiger charge is 2.18. The third-order valence-electron chi connectivity index (χ3n) is 7.84. The van der Waals surface area contributed by atoms with Gasteiger partial charge in [0, 0.05) is 44.9 Å². The first-order valence-electron chi connectivity index (χ1n) is 23.5. The number of nitrogens with zero attached hydrogens (tertiary/aromatic N) is 2. The van der Waals surface area contributed by atoms with Gasteiger partial charge < -0.3 is 14.2 Å². The average molecular weight is 621 g/mol. The second-order valence-electron chi connectivity index (χ2n) is 10.5. The van der Waals surface area contributed by atoms with Gasteiger partial charge in [-0.25, -0.2) is 0 Å². The molecule has 0 saturated heterocycles. The normalized spacial score (nSPS) is 16.8. The Morgan fingerprint density at radius 3 is 1.55 bits per heavy atom. The van der Waals surface area contributed by atoms with Crippen molar-refractivity contribution < 1.29 is 29.1 Å². The number of anilines is 6. The molecule has 0 aliphatic heterocycles. The van der Waals surface area contributed by atoms with Crippen molar-refractivity contribution in [3.63, 3.8) is 0 Å². The molecule has 0 radical (unpaired) electrons. The maximum atomic E-state index is 9.36. The molecule has 8 aromatic carbocycles. The molecule has 0 aliphatic carbocycles. The van der Waals surface area contributed by atoms with E-state index in [0.29, 0.717) is 21.5 Å². The minimum Gasteiger partial charge on any atom is -0.456 e. The summed E-state index contributed by atoms with van der Waals surface area (Å²) < 4.78 is 164. The maximum absolute atomic E-state index is 9.36. The van der Waals surface area contributed by atoms with Crippen LogP contribution in [0.3, 0.4) is 0 Å². The van der Waals surface area contributed by atoms with Gasteiger partial charge in [0.25, 0.3) is 0 Å². The van der Waals surface area contributed by atoms with Crippen LogP contribution in [0.4, 0.5) is 34.1 Å². The standard InChI is InChI=1S/C44H30N2O/c1-4-13-33(14-5-1)45(34-15-6-2-7-16-34)36-19-12-20-37(28-36)46(35-17-8-3-9-18-35)38-26-25-31-23-24-32-27-44-42(30-41(32)40(31)29-38)39-21-10-11-22-43(39)47-44/h1-30H/i1D,2D,3D,4D,5D,6D,7D,8D,9D,12D,13D,14D,15D,16D,17D,18D,19D,20D. The van der Waals surface area contributed by atoms with Crippen molar-refractivity contribution in [2.24, 2.45) is 0 Å². The third-order valence-corrected chi connectivity index (χ3v) is 7.84. The lowest BCUT2D eigenvalue weighted by molar-refractivity contribution is 0.669. The summed E-state index contributed by atoms with van der Waals surface area (Å²) in [6, 6.07) is 6.12. The summed E-state index contributed by atoms with van der Waals surface area (Å²) >= 11 is 0. The predicted octanol–water partition coefficient (Wildman–Crippen LogP) is 12.8. The number of hydrogen-bond donors (Lipinski definition) is 0. The Morgan fingerprint density at radius 2 is 0.894 bits per heavy atom. The highest BCUT2D eigenvalue weighted by molar-refractivity contribution is 6.17. The molecule has 9 aromatic rings. The van der Waals surface area contributed by atoms with Crippen LogP contribution in [0.2, 0.25) is 0 Å². The van der Waals surface area contributed by atoms with Crippen molar-refractivity contribution >= 4 is 77.6 Å². The van der Waals surface area contributed by atoms with Gasteiger partial charge in [-0.1, -0.05) is 96.8 Å². The lowest BCUT2D eigenvalue weighted by atomic mass is 9.99. The van der Waals surface area contributed by atoms with Crippen molar-refractivity contribution in [3.8, 4) is 0 Å². The second kappa shape index (κ2) is 11.2. The molecule has 0 atom stereocenters. The Labute approximate surface area is 298 Å². The van der Waals surface area contributed by atoms with Gasteiger partial charge in [0.1, 0.15) is 11.2 Å². The van der Waals surface area contributed by atoms with E-state index in [9.17, 15) is 4.11 Å². The van der Waals surface area contributed by atoms with Crippen LogP contribution in [0.1, 0.15) is 24.7 Å². The van der Waals surface area contributed by atoms with Gasteiger partial charge >= 0.3 is 0 Å². The topological polar surface area (TPSA) is 19.6 Å². The van der Waals surface area contributed by atoms with Crippen molar-refractivity contribution in [1.82, 2.24) is 0 Å². The summed E-state index contributed by atoms with van der Waals surface area (Å²) in [5.41, 5.74) is -1.68. The molecule has 9 rings (SSSR count). The smallest absolute Gasteiger partial charge is 0.136 e. The van der Waals surface area contributed by atoms with Crippen LogP contribution in [0.5, 0.6) is 0 Å². The van der Waals surface area contributed by atoms with Gasteiger partial charge in [-0.15, -0.1) is 0 Å². The Morgan fingerprint density at radius 1 is 0.362 bits per heavy atom. The molecule has 0 amide bonds. The molecule has 1 heterocycles. The number of para-hydroxylation sites is 4. The van der Waals surface area contributed by atoms with E-state index in [1.165, 1.54) is 0 Å². The lowest BCUT2D eigenvalue weighted by Gasteiger charge is -2.29. The number of hydrogen-bond acceptors (Lipinski definition) is 3. The Balaban J connectivity index is 1.42. The first-order chi connectivity index (χ1) is 30.8. The first kappa shape index (κ1) is 14.4. The van der Waals surface area contributed by atoms with Gasteiger partial charge in [0.05, 0.1) is 24.7 Å². The van der Waals surface area contributed by atoms with Crippen molar-refractivity contribution in [3.05, 3.63) is 182 Å². The van der Waals surface area contributed by atoms with Crippen LogP contribution in [-0.2, 0) is 0 Å². The van der Waals surface area contributed by atoms with Crippen LogP contribution < -0.4 is 9.80 Å². The molecule has 1 aromatic heterocycles. The van der Waals surface area contributed by atoms with E-state index >= 15 is 0 Å². The highest BCUT2D eigenvalue weighted by Crippen LogP contribution is 2.42. The monoisotopic (exact) mass is 620 g/mol. The molecule has 3 nitrogen and oxygen atoms in total. The molecule has 0 fully saturated rings. The number of furan rings is 1. The quantitative estimate of drug-likeness (QED) is 0.172. The van der Waals surface area contributed by atoms with Gasteiger partial charge in [-0.2, -0.15) is 0 Å². The lowest BCUT2D eigenvalue weighted by Crippen LogP contribution is -2.13. The predicted molar refractivity (Wildman–Crippen MR) is 198 cm³/mol. The zero-order valence-electron chi connectivity index (χ0n) is 42.2. The molecule has 0 spiro atoms. The van der Waals surface area contributed by atoms with Crippen LogP contribution in [0, 0.1) is 0 Å². The summed E-state index contributed by atoms with van der Waals surface area (Å²) in [6.07, 6.45) is 0. The Hall–Kier alpha value is -6.32. The summed E-state index contributed by atoms with van der Waals surface area (Å²) in [7, 11) is 0. The molecule has 3 heteroatoms. The first-order valence-corrected chi connectivity index (χ1v) is 14.5. The van der Waals surface area contributed by atoms with Crippen LogP contribution in [-0.4, -0.2) is 0 Å². The summed E-state index contributed by atoms with van der Waals surface area (Å²) in [5, 5.41) is 4.48. The molecule has 0 saturated carbocycles. The number of rotatable bonds is 6. The molecular formula is C44H30N2O. The number of benzene rings is 8. The molecule has 0 unspecified atom stereocenters. The number of fused-ring (bicyclic) bond motifs is 6. The molecular weight excluding hydrogens is 572 g/mol. The van der Waals surface area contributed by atoms with Crippen LogP contribution in [0.15, 0.2) is 186 Å². The zero-order chi connectivity index (χ0) is 46.8. The third kappa shape index (κ3) is 4.77. The SMILES string of the molecule is [2H]c1c(N(c2ccc3ccc4cc5oc6ccccc6c5cc4c3c2)c2c([2H])c([2H])c([2H])c([2H])c2[2H])cc(N(c2c([2H])c([2H])c([2H])c([2H])c2[2H])c2c([2H])c([2H])c([2H])c([2H])c2[2H])c([2H])c1[2H]. The van der Waals surface area contributed by atoms with E-state index in [-0.39, 0.29) is 5.69 Å². The van der Waals surface area contributed by atoms with E-state index < -0.39 is 137 Å². The van der Waals surface area contributed by atoms with Gasteiger partial charge in [0.15, 0.2) is 0 Å². The van der Waals surface area contributed by atoms with Crippen molar-refractivity contribution in [2.45, 2.75) is 0 Å². The molecule has 222 valence electrons. The van der Waals surface area contributed by atoms with Gasteiger partial charge in [-0.05, 0) is 106 Å². The van der Waals surface area contributed by atoms with E-state index in [2.05, 4.69) is 0 Å². The van der Waals surface area contributed by atoms with Crippen molar-refractivity contribution in [2.75, 3.05) is 9.80 Å².